The SMILES string of the molecule is c1ccc(N(c2ccccc2)c2ccc(C(Cc3ccc4c(c3)C3(c5cc(N(c6ccc(N(c7ccccc7)c7ccccc7)cc6)c6cccc7ccccc67)ccc5-4)c4ccccc4-n4c5ccccc5c5cccc3c54)Cc3cccc4ccccc34)cc2)cc1. The number of aromatic nitrogens is 1. The van der Waals surface area contributed by atoms with Gasteiger partial charge in [-0.2, -0.15) is 0 Å². The van der Waals surface area contributed by atoms with Crippen molar-refractivity contribution in [2.75, 3.05) is 14.7 Å². The van der Waals surface area contributed by atoms with Crippen molar-refractivity contribution in [1.82, 2.24) is 4.57 Å². The third-order valence-electron chi connectivity index (χ3n) is 20.0. The van der Waals surface area contributed by atoms with Crippen LogP contribution in [0.15, 0.2) is 358 Å². The largest absolute Gasteiger partial charge is 0.311 e. The summed E-state index contributed by atoms with van der Waals surface area (Å²) in [5, 5.41) is 7.47. The molecule has 2 aliphatic rings. The van der Waals surface area contributed by atoms with E-state index in [1.807, 2.05) is 0 Å². The van der Waals surface area contributed by atoms with Crippen molar-refractivity contribution < 1.29 is 0 Å². The van der Waals surface area contributed by atoms with E-state index in [1.54, 1.807) is 0 Å². The molecule has 16 aromatic rings. The number of hydrogen-bond donors (Lipinski definition) is 0. The van der Waals surface area contributed by atoms with Gasteiger partial charge in [-0.1, -0.05) is 243 Å². The van der Waals surface area contributed by atoms with Crippen LogP contribution in [0, 0.1) is 0 Å². The molecule has 0 amide bonds. The lowest BCUT2D eigenvalue weighted by atomic mass is 9.65. The average molecular weight is 1200 g/mol. The Labute approximate surface area is 548 Å². The average Bonchev–Trinajstić information content (AvgIpc) is 1.48. The maximum absolute atomic E-state index is 2.62. The molecule has 1 aliphatic heterocycles. The van der Waals surface area contributed by atoms with E-state index in [-0.39, 0.29) is 5.92 Å². The molecular formula is C90H64N4. The molecule has 444 valence electrons. The minimum Gasteiger partial charge on any atom is -0.311 e. The van der Waals surface area contributed by atoms with Gasteiger partial charge in [0.2, 0.25) is 0 Å². The van der Waals surface area contributed by atoms with E-state index in [0.717, 1.165) is 64.0 Å². The number of rotatable bonds is 14. The molecule has 18 rings (SSSR count). The van der Waals surface area contributed by atoms with E-state index in [9.17, 15) is 0 Å². The van der Waals surface area contributed by atoms with Gasteiger partial charge < -0.3 is 19.3 Å². The predicted molar refractivity (Wildman–Crippen MR) is 394 cm³/mol. The number of para-hydroxylation sites is 7. The van der Waals surface area contributed by atoms with Crippen molar-refractivity contribution in [3.8, 4) is 16.8 Å². The van der Waals surface area contributed by atoms with Crippen LogP contribution in [0.2, 0.25) is 0 Å². The van der Waals surface area contributed by atoms with Gasteiger partial charge in [-0.25, -0.2) is 0 Å². The summed E-state index contributed by atoms with van der Waals surface area (Å²) in [6, 6.07) is 133. The molecule has 94 heavy (non-hydrogen) atoms. The second kappa shape index (κ2) is 22.7. The van der Waals surface area contributed by atoms with Crippen molar-refractivity contribution in [3.05, 3.63) is 397 Å². The van der Waals surface area contributed by atoms with Gasteiger partial charge in [0.05, 0.1) is 27.8 Å². The van der Waals surface area contributed by atoms with Crippen LogP contribution in [-0.4, -0.2) is 4.57 Å². The van der Waals surface area contributed by atoms with E-state index in [2.05, 4.69) is 377 Å². The Bertz CT molecular complexity index is 5420. The zero-order valence-corrected chi connectivity index (χ0v) is 51.8. The molecule has 15 aromatic carbocycles. The standard InChI is InChI=1S/C90H64N4/c1-5-29-68(30-6-1)91(69-31-7-2-8-32-69)72-49-47-63(48-50-72)67(60-66-28-21-26-64-24-13-15-37-76(64)66)58-62-46-56-78-79-57-55-75(61-85(79)90(84(78)59-62)82-41-18-20-44-88(82)94-87-43-19-17-39-80(87)81-40-23-42-83(90)89(81)94)93(86-45-22-27-65-25-14-16-38-77(65)86)74-53-51-73(52-54-74)92(70-33-9-3-10-34-70)71-35-11-4-12-36-71/h1-57,59,61,67H,58,60H2. The summed E-state index contributed by atoms with van der Waals surface area (Å²) in [5.74, 6) is 0.142. The van der Waals surface area contributed by atoms with Crippen molar-refractivity contribution in [2.24, 2.45) is 0 Å². The fourth-order valence-electron chi connectivity index (χ4n) is 15.9. The van der Waals surface area contributed by atoms with Crippen LogP contribution in [0.4, 0.5) is 51.2 Å². The van der Waals surface area contributed by atoms with Crippen molar-refractivity contribution in [2.45, 2.75) is 24.2 Å². The molecular weight excluding hydrogens is 1140 g/mol. The topological polar surface area (TPSA) is 14.7 Å². The molecule has 2 heterocycles. The minimum atomic E-state index is -0.720. The van der Waals surface area contributed by atoms with E-state index >= 15 is 0 Å². The molecule has 2 unspecified atom stereocenters. The van der Waals surface area contributed by atoms with Gasteiger partial charge in [-0.3, -0.25) is 0 Å². The predicted octanol–water partition coefficient (Wildman–Crippen LogP) is 23.7. The van der Waals surface area contributed by atoms with Crippen molar-refractivity contribution in [1.29, 1.82) is 0 Å². The summed E-state index contributed by atoms with van der Waals surface area (Å²) in [7, 11) is 0. The third kappa shape index (κ3) is 8.97. The molecule has 4 heteroatoms. The van der Waals surface area contributed by atoms with Gasteiger partial charge in [-0.15, -0.1) is 0 Å². The van der Waals surface area contributed by atoms with E-state index < -0.39 is 5.41 Å². The molecule has 0 saturated heterocycles. The molecule has 0 N–H and O–H groups in total. The van der Waals surface area contributed by atoms with Crippen LogP contribution in [0.3, 0.4) is 0 Å². The molecule has 4 nitrogen and oxygen atoms in total. The first-order chi connectivity index (χ1) is 46.6. The van der Waals surface area contributed by atoms with Crippen LogP contribution in [0.5, 0.6) is 0 Å². The highest BCUT2D eigenvalue weighted by Crippen LogP contribution is 2.62. The Kier molecular flexibility index (Phi) is 13.3. The number of benzene rings is 15. The minimum absolute atomic E-state index is 0.142. The lowest BCUT2D eigenvalue weighted by molar-refractivity contribution is 0.679. The van der Waals surface area contributed by atoms with Crippen molar-refractivity contribution in [3.63, 3.8) is 0 Å². The number of hydrogen-bond acceptors (Lipinski definition) is 3. The molecule has 0 saturated carbocycles. The van der Waals surface area contributed by atoms with Crippen LogP contribution in [-0.2, 0) is 18.3 Å². The zero-order valence-electron chi connectivity index (χ0n) is 51.8. The van der Waals surface area contributed by atoms with Crippen LogP contribution < -0.4 is 14.7 Å². The molecule has 1 aromatic heterocycles. The summed E-state index contributed by atoms with van der Waals surface area (Å²) in [5.41, 5.74) is 24.5. The number of nitrogens with zero attached hydrogens (tertiary/aromatic N) is 4. The maximum atomic E-state index is 2.62. The zero-order chi connectivity index (χ0) is 62.1. The molecule has 1 spiro atoms. The third-order valence-corrected chi connectivity index (χ3v) is 20.0. The molecule has 0 radical (unpaired) electrons. The maximum Gasteiger partial charge on any atom is 0.0755 e. The fourth-order valence-corrected chi connectivity index (χ4v) is 15.9. The molecule has 2 atom stereocenters. The summed E-state index contributed by atoms with van der Waals surface area (Å²) in [4.78, 5) is 7.20. The van der Waals surface area contributed by atoms with E-state index in [1.165, 1.54) is 99.1 Å². The van der Waals surface area contributed by atoms with Gasteiger partial charge in [0.25, 0.3) is 0 Å². The highest BCUT2D eigenvalue weighted by molar-refractivity contribution is 6.13. The Morgan fingerprint density at radius 3 is 1.38 bits per heavy atom. The van der Waals surface area contributed by atoms with Crippen LogP contribution >= 0.6 is 0 Å². The summed E-state index contributed by atoms with van der Waals surface area (Å²) < 4.78 is 2.56. The van der Waals surface area contributed by atoms with Gasteiger partial charge >= 0.3 is 0 Å². The first kappa shape index (κ1) is 54.9. The first-order valence-electron chi connectivity index (χ1n) is 32.8. The van der Waals surface area contributed by atoms with Gasteiger partial charge in [0.15, 0.2) is 0 Å². The monoisotopic (exact) mass is 1200 g/mol. The number of fused-ring (bicyclic) bond motifs is 14. The van der Waals surface area contributed by atoms with Crippen LogP contribution in [0.1, 0.15) is 44.9 Å². The van der Waals surface area contributed by atoms with Gasteiger partial charge in [0, 0.05) is 61.7 Å². The van der Waals surface area contributed by atoms with E-state index in [0.29, 0.717) is 0 Å². The highest BCUT2D eigenvalue weighted by atomic mass is 15.2. The smallest absolute Gasteiger partial charge is 0.0755 e. The van der Waals surface area contributed by atoms with Gasteiger partial charge in [0.1, 0.15) is 0 Å². The lowest BCUT2D eigenvalue weighted by Crippen LogP contribution is -2.33. The summed E-state index contributed by atoms with van der Waals surface area (Å²) in [6.07, 6.45) is 1.70. The number of anilines is 9. The Morgan fingerprint density at radius 1 is 0.287 bits per heavy atom. The Hall–Kier alpha value is -12.0. The van der Waals surface area contributed by atoms with Gasteiger partial charge in [-0.05, 0) is 200 Å². The molecule has 1 aliphatic carbocycles. The second-order valence-electron chi connectivity index (χ2n) is 25.1. The quantitative estimate of drug-likeness (QED) is 0.108. The fraction of sp³-hybridized carbons (Fsp3) is 0.0444. The Morgan fingerprint density at radius 2 is 0.734 bits per heavy atom. The normalized spacial score (nSPS) is 13.8. The Balaban J connectivity index is 0.831. The summed E-state index contributed by atoms with van der Waals surface area (Å²) in [6.45, 7) is 0. The van der Waals surface area contributed by atoms with Crippen molar-refractivity contribution >= 4 is 94.5 Å². The molecule has 0 bridgehead atoms. The molecule has 0 fully saturated rings. The summed E-state index contributed by atoms with van der Waals surface area (Å²) >= 11 is 0. The van der Waals surface area contributed by atoms with E-state index in [4.69, 9.17) is 0 Å². The highest BCUT2D eigenvalue weighted by Gasteiger charge is 2.51. The second-order valence-corrected chi connectivity index (χ2v) is 25.1. The van der Waals surface area contributed by atoms with Crippen LogP contribution in [0.25, 0.3) is 60.2 Å². The first-order valence-corrected chi connectivity index (χ1v) is 32.8. The lowest BCUT2D eigenvalue weighted by Gasteiger charge is -2.40.